The highest BCUT2D eigenvalue weighted by atomic mass is 31.2. The third-order valence-electron chi connectivity index (χ3n) is 2.69. The summed E-state index contributed by atoms with van der Waals surface area (Å²) >= 11 is 0. The molecule has 9 nitrogen and oxygen atoms in total. The smallest absolute Gasteiger partial charge is 0.356 e. The Hall–Kier alpha value is -1.69. The van der Waals surface area contributed by atoms with Crippen molar-refractivity contribution in [2.75, 3.05) is 13.7 Å². The molecular formula is C15H25N2O7P. The Kier molecular flexibility index (Phi) is 11.0. The zero-order valence-electron chi connectivity index (χ0n) is 14.7. The number of nitrogens with one attached hydrogen (secondary N) is 1. The number of hydrogen-bond acceptors (Lipinski definition) is 6. The van der Waals surface area contributed by atoms with Crippen LogP contribution in [-0.2, 0) is 27.9 Å². The minimum Gasteiger partial charge on any atom is -0.356 e. The summed E-state index contributed by atoms with van der Waals surface area (Å²) in [6.07, 6.45) is 6.15. The predicted octanol–water partition coefficient (Wildman–Crippen LogP) is 1.00. The van der Waals surface area contributed by atoms with Crippen molar-refractivity contribution in [1.82, 2.24) is 10.2 Å². The van der Waals surface area contributed by atoms with Gasteiger partial charge in [0.05, 0.1) is 18.8 Å². The van der Waals surface area contributed by atoms with E-state index in [0.717, 1.165) is 11.0 Å². The molecule has 0 fully saturated rings. The highest BCUT2D eigenvalue weighted by Crippen LogP contribution is 2.44. The van der Waals surface area contributed by atoms with E-state index in [-0.39, 0.29) is 13.0 Å². The Morgan fingerprint density at radius 3 is 2.56 bits per heavy atom. The van der Waals surface area contributed by atoms with Gasteiger partial charge in [0.15, 0.2) is 0 Å². The maximum atomic E-state index is 11.7. The van der Waals surface area contributed by atoms with Crippen LogP contribution in [0.4, 0.5) is 0 Å². The summed E-state index contributed by atoms with van der Waals surface area (Å²) in [5.74, 6) is 1.97. The molecule has 2 amide bonds. The van der Waals surface area contributed by atoms with Gasteiger partial charge in [-0.05, 0) is 20.8 Å². The minimum absolute atomic E-state index is 0.0812. The molecule has 10 heteroatoms. The molecule has 0 aliphatic carbocycles. The van der Waals surface area contributed by atoms with Crippen molar-refractivity contribution in [3.63, 3.8) is 0 Å². The van der Waals surface area contributed by atoms with Crippen LogP contribution in [0.25, 0.3) is 0 Å². The Morgan fingerprint density at radius 1 is 1.44 bits per heavy atom. The molecule has 0 saturated heterocycles. The molecule has 25 heavy (non-hydrogen) atoms. The first-order chi connectivity index (χ1) is 11.6. The number of ether oxygens (including phenoxy) is 1. The van der Waals surface area contributed by atoms with Gasteiger partial charge in [-0.15, -0.1) is 12.3 Å². The van der Waals surface area contributed by atoms with Gasteiger partial charge in [-0.25, -0.2) is 4.57 Å². The van der Waals surface area contributed by atoms with Gasteiger partial charge in [-0.2, -0.15) is 0 Å². The lowest BCUT2D eigenvalue weighted by Gasteiger charge is -2.26. The van der Waals surface area contributed by atoms with Gasteiger partial charge >= 0.3 is 7.82 Å². The van der Waals surface area contributed by atoms with Crippen LogP contribution in [0.1, 0.15) is 27.2 Å². The normalized spacial score (nSPS) is 16.0. The number of phosphoric ester groups is 1. The van der Waals surface area contributed by atoms with Crippen LogP contribution in [-0.4, -0.2) is 54.2 Å². The molecule has 3 atom stereocenters. The molecule has 0 aromatic carbocycles. The number of likely N-dealkylation sites (N-methyl/N-ethyl adjacent to an activating group) is 1. The standard InChI is InChI=1S/C15H25N2O7P/c1-6-7-14(10-22-25(20,21)24-12(2)3)23-13(4)17(11-18)9-8-15(19)16-5/h1,8-9,11-14H,7,10H2,2-5H3,(H,16,19)(H,20,21)/b9-8-. The molecule has 0 aliphatic rings. The maximum absolute atomic E-state index is 11.7. The van der Waals surface area contributed by atoms with E-state index >= 15 is 0 Å². The molecule has 0 aliphatic heterocycles. The number of hydrogen-bond donors (Lipinski definition) is 2. The summed E-state index contributed by atoms with van der Waals surface area (Å²) in [5.41, 5.74) is 0. The van der Waals surface area contributed by atoms with E-state index in [0.29, 0.717) is 6.41 Å². The largest absolute Gasteiger partial charge is 0.472 e. The molecular weight excluding hydrogens is 351 g/mol. The van der Waals surface area contributed by atoms with Gasteiger partial charge in [-0.3, -0.25) is 23.5 Å². The van der Waals surface area contributed by atoms with Crippen LogP contribution >= 0.6 is 7.82 Å². The zero-order chi connectivity index (χ0) is 19.5. The quantitative estimate of drug-likeness (QED) is 0.172. The average molecular weight is 376 g/mol. The van der Waals surface area contributed by atoms with Gasteiger partial charge in [0, 0.05) is 25.7 Å². The van der Waals surface area contributed by atoms with Crippen molar-refractivity contribution in [3.05, 3.63) is 12.3 Å². The molecule has 0 heterocycles. The van der Waals surface area contributed by atoms with Crippen LogP contribution in [0, 0.1) is 12.3 Å². The van der Waals surface area contributed by atoms with Crippen LogP contribution in [0.3, 0.4) is 0 Å². The minimum atomic E-state index is -4.23. The summed E-state index contributed by atoms with van der Waals surface area (Å²) < 4.78 is 26.9. The van der Waals surface area contributed by atoms with Crippen LogP contribution in [0.5, 0.6) is 0 Å². The van der Waals surface area contributed by atoms with Crippen molar-refractivity contribution in [1.29, 1.82) is 0 Å². The molecule has 0 aromatic heterocycles. The number of carbonyl (C=O) groups is 2. The highest BCUT2D eigenvalue weighted by Gasteiger charge is 2.26. The van der Waals surface area contributed by atoms with Crippen molar-refractivity contribution >= 4 is 20.1 Å². The van der Waals surface area contributed by atoms with E-state index in [1.54, 1.807) is 20.8 Å². The van der Waals surface area contributed by atoms with Crippen molar-refractivity contribution < 1.29 is 32.8 Å². The fourth-order valence-corrected chi connectivity index (χ4v) is 2.53. The predicted molar refractivity (Wildman–Crippen MR) is 90.9 cm³/mol. The van der Waals surface area contributed by atoms with Crippen LogP contribution < -0.4 is 5.32 Å². The third kappa shape index (κ3) is 10.7. The van der Waals surface area contributed by atoms with Gasteiger partial charge in [-0.1, -0.05) is 0 Å². The van der Waals surface area contributed by atoms with E-state index < -0.39 is 32.2 Å². The molecule has 0 rings (SSSR count). The molecule has 0 saturated carbocycles. The SMILES string of the molecule is C#CCC(COP(=O)(O)OC(C)C)OC(C)N(C=O)/C=C\C(=O)NC. The Bertz CT molecular complexity index is 544. The number of phosphoric acid groups is 1. The van der Waals surface area contributed by atoms with E-state index in [9.17, 15) is 19.0 Å². The van der Waals surface area contributed by atoms with E-state index in [2.05, 4.69) is 11.2 Å². The second-order valence-corrected chi connectivity index (χ2v) is 6.57. The van der Waals surface area contributed by atoms with Crippen LogP contribution in [0.2, 0.25) is 0 Å². The first-order valence-corrected chi connectivity index (χ1v) is 9.02. The lowest BCUT2D eigenvalue weighted by molar-refractivity contribution is -0.132. The lowest BCUT2D eigenvalue weighted by atomic mass is 10.3. The molecule has 0 aromatic rings. The first kappa shape index (κ1) is 23.3. The average Bonchev–Trinajstić information content (AvgIpc) is 2.52. The molecule has 0 bridgehead atoms. The summed E-state index contributed by atoms with van der Waals surface area (Å²) in [4.78, 5) is 32.9. The van der Waals surface area contributed by atoms with Gasteiger partial charge in [0.25, 0.3) is 0 Å². The van der Waals surface area contributed by atoms with Crippen molar-refractivity contribution in [2.24, 2.45) is 0 Å². The number of nitrogens with zero attached hydrogens (tertiary/aromatic N) is 1. The van der Waals surface area contributed by atoms with Crippen molar-refractivity contribution in [3.8, 4) is 12.3 Å². The molecule has 142 valence electrons. The van der Waals surface area contributed by atoms with Crippen molar-refractivity contribution in [2.45, 2.75) is 45.6 Å². The number of terminal acetylenes is 1. The summed E-state index contributed by atoms with van der Waals surface area (Å²) in [6, 6.07) is 0. The third-order valence-corrected chi connectivity index (χ3v) is 3.85. The van der Waals surface area contributed by atoms with Gasteiger partial charge in [0.2, 0.25) is 12.3 Å². The lowest BCUT2D eigenvalue weighted by Crippen LogP contribution is -2.35. The fourth-order valence-electron chi connectivity index (χ4n) is 1.58. The number of amides is 2. The monoisotopic (exact) mass is 376 g/mol. The van der Waals surface area contributed by atoms with E-state index in [4.69, 9.17) is 20.2 Å². The summed E-state index contributed by atoms with van der Waals surface area (Å²) in [6.45, 7) is 4.42. The molecule has 0 radical (unpaired) electrons. The molecule has 0 spiro atoms. The summed E-state index contributed by atoms with van der Waals surface area (Å²) in [5, 5.41) is 2.37. The van der Waals surface area contributed by atoms with E-state index in [1.807, 2.05) is 0 Å². The van der Waals surface area contributed by atoms with E-state index in [1.165, 1.54) is 13.2 Å². The molecule has 3 unspecified atom stereocenters. The second kappa shape index (κ2) is 11.8. The highest BCUT2D eigenvalue weighted by molar-refractivity contribution is 7.47. The Labute approximate surface area is 147 Å². The Morgan fingerprint density at radius 2 is 2.08 bits per heavy atom. The topological polar surface area (TPSA) is 114 Å². The number of rotatable bonds is 12. The summed E-state index contributed by atoms with van der Waals surface area (Å²) in [7, 11) is -2.78. The first-order valence-electron chi connectivity index (χ1n) is 7.52. The van der Waals surface area contributed by atoms with Gasteiger partial charge < -0.3 is 14.9 Å². The van der Waals surface area contributed by atoms with Gasteiger partial charge in [0.1, 0.15) is 6.23 Å². The second-order valence-electron chi connectivity index (χ2n) is 5.17. The maximum Gasteiger partial charge on any atom is 0.472 e. The fraction of sp³-hybridized carbons (Fsp3) is 0.600. The Balaban J connectivity index is 4.80. The zero-order valence-corrected chi connectivity index (χ0v) is 15.6. The molecule has 2 N–H and O–H groups in total. The van der Waals surface area contributed by atoms with Crippen LogP contribution in [0.15, 0.2) is 12.3 Å². The number of carbonyl (C=O) groups excluding carboxylic acids is 2.